The summed E-state index contributed by atoms with van der Waals surface area (Å²) in [5.74, 6) is -1.43. The van der Waals surface area contributed by atoms with Gasteiger partial charge in [0.15, 0.2) is 0 Å². The number of aromatic nitrogens is 1. The third kappa shape index (κ3) is 6.51. The van der Waals surface area contributed by atoms with Crippen molar-refractivity contribution in [1.82, 2.24) is 15.2 Å². The molecule has 1 aromatic heterocycles. The van der Waals surface area contributed by atoms with Crippen LogP contribution < -0.4 is 10.6 Å². The SMILES string of the molecule is CC(C)C[C@H](NC(=O)C1(Cc2ccccc2)CC(CNC(=O)c2cn(C(C)C)c3ccccc23)=NO1)B(O)O. The predicted molar refractivity (Wildman–Crippen MR) is 152 cm³/mol. The molecular weight excluding hydrogens is 495 g/mol. The fourth-order valence-electron chi connectivity index (χ4n) is 5.02. The molecule has 10 heteroatoms. The zero-order chi connectivity index (χ0) is 28.2. The van der Waals surface area contributed by atoms with Crippen molar-refractivity contribution in [1.29, 1.82) is 0 Å². The van der Waals surface area contributed by atoms with Gasteiger partial charge in [-0.15, -0.1) is 0 Å². The predicted octanol–water partition coefficient (Wildman–Crippen LogP) is 3.25. The van der Waals surface area contributed by atoms with Gasteiger partial charge in [-0.3, -0.25) is 9.59 Å². The van der Waals surface area contributed by atoms with Crippen LogP contribution in [-0.4, -0.2) is 57.3 Å². The summed E-state index contributed by atoms with van der Waals surface area (Å²) in [5.41, 5.74) is 1.58. The van der Waals surface area contributed by atoms with Crippen LogP contribution in [0.5, 0.6) is 0 Å². The van der Waals surface area contributed by atoms with Crippen LogP contribution in [0.2, 0.25) is 0 Å². The highest BCUT2D eigenvalue weighted by Crippen LogP contribution is 2.30. The molecule has 2 atom stereocenters. The summed E-state index contributed by atoms with van der Waals surface area (Å²) in [6, 6.07) is 17.4. The Morgan fingerprint density at radius 2 is 1.77 bits per heavy atom. The summed E-state index contributed by atoms with van der Waals surface area (Å²) in [5, 5.41) is 30.5. The van der Waals surface area contributed by atoms with Crippen LogP contribution in [0.15, 0.2) is 65.9 Å². The summed E-state index contributed by atoms with van der Waals surface area (Å²) in [6.07, 6.45) is 2.63. The molecule has 2 heterocycles. The van der Waals surface area contributed by atoms with Crippen molar-refractivity contribution in [3.8, 4) is 0 Å². The Morgan fingerprint density at radius 3 is 2.44 bits per heavy atom. The van der Waals surface area contributed by atoms with Gasteiger partial charge >= 0.3 is 7.12 Å². The zero-order valence-corrected chi connectivity index (χ0v) is 22.9. The van der Waals surface area contributed by atoms with E-state index in [1.807, 2.05) is 74.6 Å². The smallest absolute Gasteiger partial charge is 0.426 e. The van der Waals surface area contributed by atoms with Crippen LogP contribution >= 0.6 is 0 Å². The molecule has 2 aromatic carbocycles. The molecule has 4 rings (SSSR count). The van der Waals surface area contributed by atoms with E-state index in [9.17, 15) is 19.6 Å². The molecule has 0 spiro atoms. The summed E-state index contributed by atoms with van der Waals surface area (Å²) < 4.78 is 2.07. The average molecular weight is 532 g/mol. The topological polar surface area (TPSA) is 125 Å². The maximum absolute atomic E-state index is 13.6. The summed E-state index contributed by atoms with van der Waals surface area (Å²) in [4.78, 5) is 32.6. The van der Waals surface area contributed by atoms with Crippen molar-refractivity contribution >= 4 is 35.5 Å². The second-order valence-electron chi connectivity index (χ2n) is 10.9. The number of hydrogen-bond donors (Lipinski definition) is 4. The first-order chi connectivity index (χ1) is 18.6. The maximum Gasteiger partial charge on any atom is 0.475 e. The van der Waals surface area contributed by atoms with Gasteiger partial charge in [-0.2, -0.15) is 0 Å². The molecule has 4 N–H and O–H groups in total. The highest BCUT2D eigenvalue weighted by Gasteiger charge is 2.48. The van der Waals surface area contributed by atoms with Crippen molar-refractivity contribution < 1.29 is 24.5 Å². The van der Waals surface area contributed by atoms with Crippen LogP contribution in [0.25, 0.3) is 10.9 Å². The van der Waals surface area contributed by atoms with Gasteiger partial charge < -0.3 is 30.1 Å². The van der Waals surface area contributed by atoms with E-state index in [2.05, 4.69) is 34.2 Å². The lowest BCUT2D eigenvalue weighted by Gasteiger charge is -2.29. The van der Waals surface area contributed by atoms with E-state index >= 15 is 0 Å². The van der Waals surface area contributed by atoms with E-state index in [0.717, 1.165) is 16.5 Å². The molecule has 0 bridgehead atoms. The minimum atomic E-state index is -1.71. The number of carbonyl (C=O) groups is 2. The highest BCUT2D eigenvalue weighted by atomic mass is 16.7. The number of oxime groups is 1. The van der Waals surface area contributed by atoms with Crippen LogP contribution in [0.1, 0.15) is 62.5 Å². The first-order valence-electron chi connectivity index (χ1n) is 13.4. The Bertz CT molecular complexity index is 1340. The maximum atomic E-state index is 13.6. The number of nitrogens with zero attached hydrogens (tertiary/aromatic N) is 2. The Balaban J connectivity index is 1.50. The van der Waals surface area contributed by atoms with E-state index in [1.165, 1.54) is 0 Å². The van der Waals surface area contributed by atoms with Crippen molar-refractivity contribution in [2.45, 2.75) is 64.5 Å². The number of benzene rings is 2. The first kappa shape index (κ1) is 28.4. The van der Waals surface area contributed by atoms with Gasteiger partial charge in [0.05, 0.1) is 23.8 Å². The van der Waals surface area contributed by atoms with E-state index in [4.69, 9.17) is 4.84 Å². The van der Waals surface area contributed by atoms with Crippen LogP contribution in [0.4, 0.5) is 0 Å². The van der Waals surface area contributed by atoms with Crippen LogP contribution in [0, 0.1) is 5.92 Å². The highest BCUT2D eigenvalue weighted by molar-refractivity contribution is 6.43. The molecule has 0 aliphatic carbocycles. The third-order valence-electron chi connectivity index (χ3n) is 6.98. The quantitative estimate of drug-likeness (QED) is 0.282. The molecule has 3 aromatic rings. The third-order valence-corrected chi connectivity index (χ3v) is 6.98. The van der Waals surface area contributed by atoms with Crippen molar-refractivity contribution in [2.75, 3.05) is 6.54 Å². The lowest BCUT2D eigenvalue weighted by Crippen LogP contribution is -2.56. The molecule has 0 fully saturated rings. The average Bonchev–Trinajstić information content (AvgIpc) is 3.50. The molecule has 9 nitrogen and oxygen atoms in total. The Hall–Kier alpha value is -3.63. The molecule has 1 unspecified atom stereocenters. The molecule has 39 heavy (non-hydrogen) atoms. The molecule has 0 saturated carbocycles. The standard InChI is InChI=1S/C29H37BN4O5/c1-19(2)14-26(30(37)38)32-28(36)29(15-21-10-6-5-7-11-21)16-22(33-39-29)17-31-27(35)24-18-34(20(3)4)25-13-9-8-12-23(24)25/h5-13,18-20,26,37-38H,14-17H2,1-4H3,(H,31,35)(H,32,36)/t26-,29?/m0/s1. The lowest BCUT2D eigenvalue weighted by atomic mass is 9.74. The van der Waals surface area contributed by atoms with Gasteiger partial charge in [-0.05, 0) is 37.8 Å². The van der Waals surface area contributed by atoms with Crippen LogP contribution in [0.3, 0.4) is 0 Å². The fourth-order valence-corrected chi connectivity index (χ4v) is 5.02. The number of para-hydroxylation sites is 1. The van der Waals surface area contributed by atoms with E-state index in [1.54, 1.807) is 0 Å². The molecule has 0 radical (unpaired) electrons. The molecule has 1 aliphatic rings. The minimum Gasteiger partial charge on any atom is -0.426 e. The summed E-state index contributed by atoms with van der Waals surface area (Å²) in [6.45, 7) is 8.13. The van der Waals surface area contributed by atoms with Gasteiger partial charge in [0.25, 0.3) is 11.8 Å². The van der Waals surface area contributed by atoms with Gasteiger partial charge in [-0.25, -0.2) is 0 Å². The van der Waals surface area contributed by atoms with Crippen molar-refractivity contribution in [2.24, 2.45) is 11.1 Å². The number of amides is 2. The molecule has 206 valence electrons. The van der Waals surface area contributed by atoms with Gasteiger partial charge in [0.2, 0.25) is 5.60 Å². The fraction of sp³-hybridized carbons (Fsp3) is 0.414. The van der Waals surface area contributed by atoms with E-state index in [-0.39, 0.29) is 37.3 Å². The van der Waals surface area contributed by atoms with Crippen molar-refractivity contribution in [3.05, 3.63) is 71.9 Å². The summed E-state index contributed by atoms with van der Waals surface area (Å²) >= 11 is 0. The molecule has 0 saturated heterocycles. The largest absolute Gasteiger partial charge is 0.475 e. The van der Waals surface area contributed by atoms with Gasteiger partial charge in [-0.1, -0.05) is 67.5 Å². The first-order valence-corrected chi connectivity index (χ1v) is 13.4. The number of hydrogen-bond acceptors (Lipinski definition) is 6. The molecule has 1 aliphatic heterocycles. The Kier molecular flexibility index (Phi) is 8.77. The lowest BCUT2D eigenvalue weighted by molar-refractivity contribution is -0.144. The Labute approximate surface area is 229 Å². The normalized spacial score (nSPS) is 17.7. The minimum absolute atomic E-state index is 0.113. The number of rotatable bonds is 11. The number of fused-ring (bicyclic) bond motifs is 1. The van der Waals surface area contributed by atoms with E-state index in [0.29, 0.717) is 17.7 Å². The van der Waals surface area contributed by atoms with Crippen molar-refractivity contribution in [3.63, 3.8) is 0 Å². The molecule has 2 amide bonds. The second-order valence-corrected chi connectivity index (χ2v) is 10.9. The van der Waals surface area contributed by atoms with E-state index < -0.39 is 24.6 Å². The van der Waals surface area contributed by atoms with Gasteiger partial charge in [0.1, 0.15) is 0 Å². The number of carbonyl (C=O) groups excluding carboxylic acids is 2. The number of nitrogens with one attached hydrogen (secondary N) is 2. The Morgan fingerprint density at radius 1 is 1.08 bits per heavy atom. The van der Waals surface area contributed by atoms with Gasteiger partial charge in [0, 0.05) is 36.0 Å². The monoisotopic (exact) mass is 532 g/mol. The zero-order valence-electron chi connectivity index (χ0n) is 22.9. The van der Waals surface area contributed by atoms with Crippen LogP contribution in [-0.2, 0) is 16.1 Å². The summed E-state index contributed by atoms with van der Waals surface area (Å²) in [7, 11) is -1.71. The second kappa shape index (κ2) is 12.0. The molecular formula is C29H37BN4O5.